The Bertz CT molecular complexity index is 506. The lowest BCUT2D eigenvalue weighted by molar-refractivity contribution is 0.299. The van der Waals surface area contributed by atoms with Crippen molar-refractivity contribution in [2.24, 2.45) is 0 Å². The summed E-state index contributed by atoms with van der Waals surface area (Å²) in [7, 11) is 0. The Morgan fingerprint density at radius 1 is 1.00 bits per heavy atom. The van der Waals surface area contributed by atoms with E-state index in [0.717, 1.165) is 16.7 Å². The predicted molar refractivity (Wildman–Crippen MR) is 68.7 cm³/mol. The third-order valence-corrected chi connectivity index (χ3v) is 2.68. The number of hydrogen-bond acceptors (Lipinski definition) is 3. The lowest BCUT2D eigenvalue weighted by Gasteiger charge is -2.07. The van der Waals surface area contributed by atoms with Crippen LogP contribution in [0.25, 0.3) is 11.1 Å². The molecule has 0 heterocycles. The normalized spacial score (nSPS) is 10.4. The van der Waals surface area contributed by atoms with E-state index in [-0.39, 0.29) is 12.4 Å². The second kappa shape index (κ2) is 4.89. The van der Waals surface area contributed by atoms with Gasteiger partial charge in [0.1, 0.15) is 5.75 Å². The number of nitrogen functional groups attached to an aromatic ring is 1. The first-order valence-electron chi connectivity index (χ1n) is 5.49. The van der Waals surface area contributed by atoms with Gasteiger partial charge in [-0.2, -0.15) is 0 Å². The second-order valence-corrected chi connectivity index (χ2v) is 3.95. The maximum absolute atomic E-state index is 9.83. The van der Waals surface area contributed by atoms with Crippen LogP contribution in [0.5, 0.6) is 5.75 Å². The molecule has 0 spiro atoms. The summed E-state index contributed by atoms with van der Waals surface area (Å²) in [5.74, 6) is 0.233. The smallest absolute Gasteiger partial charge is 0.123 e. The molecule has 3 nitrogen and oxygen atoms in total. The zero-order valence-corrected chi connectivity index (χ0v) is 9.43. The molecule has 0 amide bonds. The van der Waals surface area contributed by atoms with Gasteiger partial charge in [-0.25, -0.2) is 0 Å². The molecule has 2 aromatic carbocycles. The quantitative estimate of drug-likeness (QED) is 0.707. The van der Waals surface area contributed by atoms with Crippen LogP contribution in [-0.4, -0.2) is 16.8 Å². The van der Waals surface area contributed by atoms with Gasteiger partial charge in [-0.05, 0) is 41.8 Å². The highest BCUT2D eigenvalue weighted by Crippen LogP contribution is 2.30. The first-order chi connectivity index (χ1) is 8.20. The molecular formula is C14H15NO2. The van der Waals surface area contributed by atoms with Gasteiger partial charge in [-0.3, -0.25) is 0 Å². The highest BCUT2D eigenvalue weighted by atomic mass is 16.3. The molecule has 0 aromatic heterocycles. The number of benzene rings is 2. The summed E-state index contributed by atoms with van der Waals surface area (Å²) in [6.45, 7) is 0.103. The number of aromatic hydroxyl groups is 1. The molecule has 2 aromatic rings. The van der Waals surface area contributed by atoms with Gasteiger partial charge in [0.25, 0.3) is 0 Å². The number of aliphatic hydroxyl groups is 1. The van der Waals surface area contributed by atoms with Crippen LogP contribution >= 0.6 is 0 Å². The molecule has 4 N–H and O–H groups in total. The summed E-state index contributed by atoms with van der Waals surface area (Å²) in [5, 5.41) is 18.7. The number of phenolic OH excluding ortho intramolecular Hbond substituents is 1. The summed E-state index contributed by atoms with van der Waals surface area (Å²) in [6.07, 6.45) is 0.586. The minimum Gasteiger partial charge on any atom is -0.507 e. The fourth-order valence-corrected chi connectivity index (χ4v) is 1.76. The summed E-state index contributed by atoms with van der Waals surface area (Å²) >= 11 is 0. The number of anilines is 1. The second-order valence-electron chi connectivity index (χ2n) is 3.95. The maximum atomic E-state index is 9.83. The number of nitrogens with two attached hydrogens (primary N) is 1. The van der Waals surface area contributed by atoms with Crippen molar-refractivity contribution in [3.63, 3.8) is 0 Å². The van der Waals surface area contributed by atoms with E-state index in [0.29, 0.717) is 12.1 Å². The Morgan fingerprint density at radius 3 is 2.35 bits per heavy atom. The topological polar surface area (TPSA) is 66.5 Å². The van der Waals surface area contributed by atoms with Crippen LogP contribution in [0.1, 0.15) is 5.56 Å². The standard InChI is InChI=1S/C14H15NO2/c15-12-4-2-11(3-5-12)13-9-10(7-8-16)1-6-14(13)17/h1-6,9,16-17H,7-8,15H2. The van der Waals surface area contributed by atoms with E-state index < -0.39 is 0 Å². The zero-order chi connectivity index (χ0) is 12.3. The van der Waals surface area contributed by atoms with Crippen LogP contribution in [0, 0.1) is 0 Å². The van der Waals surface area contributed by atoms with Crippen LogP contribution in [-0.2, 0) is 6.42 Å². The Balaban J connectivity index is 2.42. The van der Waals surface area contributed by atoms with E-state index >= 15 is 0 Å². The van der Waals surface area contributed by atoms with Crippen molar-refractivity contribution in [1.29, 1.82) is 0 Å². The minimum atomic E-state index is 0.103. The molecule has 2 rings (SSSR count). The molecule has 3 heteroatoms. The summed E-state index contributed by atoms with van der Waals surface area (Å²) in [5.41, 5.74) is 8.99. The van der Waals surface area contributed by atoms with Crippen LogP contribution in [0.2, 0.25) is 0 Å². The maximum Gasteiger partial charge on any atom is 0.123 e. The third kappa shape index (κ3) is 2.57. The van der Waals surface area contributed by atoms with E-state index in [1.165, 1.54) is 0 Å². The zero-order valence-electron chi connectivity index (χ0n) is 9.43. The number of hydrogen-bond donors (Lipinski definition) is 3. The van der Waals surface area contributed by atoms with Gasteiger partial charge in [-0.1, -0.05) is 18.2 Å². The molecule has 88 valence electrons. The molecule has 0 unspecified atom stereocenters. The predicted octanol–water partition coefficient (Wildman–Crippen LogP) is 2.18. The first kappa shape index (κ1) is 11.5. The van der Waals surface area contributed by atoms with Gasteiger partial charge < -0.3 is 15.9 Å². The molecule has 0 aliphatic heterocycles. The fraction of sp³-hybridized carbons (Fsp3) is 0.143. The van der Waals surface area contributed by atoms with Gasteiger partial charge in [-0.15, -0.1) is 0 Å². The first-order valence-corrected chi connectivity index (χ1v) is 5.49. The van der Waals surface area contributed by atoms with E-state index in [1.807, 2.05) is 24.3 Å². The van der Waals surface area contributed by atoms with Gasteiger partial charge in [0, 0.05) is 17.9 Å². The molecule has 0 saturated heterocycles. The lowest BCUT2D eigenvalue weighted by atomic mass is 10.0. The van der Waals surface area contributed by atoms with Gasteiger partial charge >= 0.3 is 0 Å². The lowest BCUT2D eigenvalue weighted by Crippen LogP contribution is -1.91. The molecule has 0 radical (unpaired) electrons. The van der Waals surface area contributed by atoms with Crippen molar-refractivity contribution in [3.8, 4) is 16.9 Å². The number of phenols is 1. The SMILES string of the molecule is Nc1ccc(-c2cc(CCO)ccc2O)cc1. The highest BCUT2D eigenvalue weighted by Gasteiger charge is 2.05. The van der Waals surface area contributed by atoms with E-state index in [1.54, 1.807) is 18.2 Å². The van der Waals surface area contributed by atoms with Crippen molar-refractivity contribution in [1.82, 2.24) is 0 Å². The Labute approximate surface area is 100 Å². The van der Waals surface area contributed by atoms with Gasteiger partial charge in [0.05, 0.1) is 0 Å². The van der Waals surface area contributed by atoms with Gasteiger partial charge in [0.2, 0.25) is 0 Å². The van der Waals surface area contributed by atoms with Crippen molar-refractivity contribution < 1.29 is 10.2 Å². The molecule has 0 atom stereocenters. The summed E-state index contributed by atoms with van der Waals surface area (Å²) in [4.78, 5) is 0. The van der Waals surface area contributed by atoms with Crippen LogP contribution in [0.3, 0.4) is 0 Å². The average Bonchev–Trinajstić information content (AvgIpc) is 2.33. The Kier molecular flexibility index (Phi) is 3.30. The molecule has 0 bridgehead atoms. The minimum absolute atomic E-state index is 0.103. The van der Waals surface area contributed by atoms with E-state index in [9.17, 15) is 5.11 Å². The third-order valence-electron chi connectivity index (χ3n) is 2.68. The van der Waals surface area contributed by atoms with E-state index in [2.05, 4.69) is 0 Å². The molecule has 17 heavy (non-hydrogen) atoms. The molecule has 0 aliphatic carbocycles. The van der Waals surface area contributed by atoms with Crippen LogP contribution in [0.4, 0.5) is 5.69 Å². The van der Waals surface area contributed by atoms with Crippen LogP contribution < -0.4 is 5.73 Å². The van der Waals surface area contributed by atoms with Crippen LogP contribution in [0.15, 0.2) is 42.5 Å². The molecular weight excluding hydrogens is 214 g/mol. The number of aliphatic hydroxyl groups excluding tert-OH is 1. The van der Waals surface area contributed by atoms with Crippen molar-refractivity contribution in [2.75, 3.05) is 12.3 Å². The van der Waals surface area contributed by atoms with Crippen molar-refractivity contribution in [3.05, 3.63) is 48.0 Å². The van der Waals surface area contributed by atoms with Gasteiger partial charge in [0.15, 0.2) is 0 Å². The summed E-state index contributed by atoms with van der Waals surface area (Å²) in [6, 6.07) is 12.7. The average molecular weight is 229 g/mol. The van der Waals surface area contributed by atoms with Crippen molar-refractivity contribution >= 4 is 5.69 Å². The summed E-state index contributed by atoms with van der Waals surface area (Å²) < 4.78 is 0. The molecule has 0 aliphatic rings. The fourth-order valence-electron chi connectivity index (χ4n) is 1.76. The number of rotatable bonds is 3. The highest BCUT2D eigenvalue weighted by molar-refractivity contribution is 5.72. The molecule has 0 fully saturated rings. The monoisotopic (exact) mass is 229 g/mol. The van der Waals surface area contributed by atoms with Crippen molar-refractivity contribution in [2.45, 2.75) is 6.42 Å². The molecule has 0 saturated carbocycles. The Hall–Kier alpha value is -2.00. The largest absolute Gasteiger partial charge is 0.507 e. The Morgan fingerprint density at radius 2 is 1.71 bits per heavy atom. The van der Waals surface area contributed by atoms with E-state index in [4.69, 9.17) is 10.8 Å².